The molecule has 0 aliphatic carbocycles. The van der Waals surface area contributed by atoms with Gasteiger partial charge in [-0.25, -0.2) is 10.2 Å². The Balaban J connectivity index is 2.92. The predicted molar refractivity (Wildman–Crippen MR) is 63.9 cm³/mol. The Morgan fingerprint density at radius 3 is 2.73 bits per heavy atom. The number of nitrogens with one attached hydrogen (secondary N) is 1. The van der Waals surface area contributed by atoms with E-state index in [9.17, 15) is 4.79 Å². The van der Waals surface area contributed by atoms with Crippen LogP contribution in [0.15, 0.2) is 21.7 Å². The summed E-state index contributed by atoms with van der Waals surface area (Å²) >= 11 is 3.44. The first-order valence-corrected chi connectivity index (χ1v) is 5.16. The van der Waals surface area contributed by atoms with Crippen LogP contribution < -0.4 is 11.2 Å². The van der Waals surface area contributed by atoms with Gasteiger partial charge in [-0.15, -0.1) is 0 Å². The molecular formula is C10H12BrN3O. The highest BCUT2D eigenvalue weighted by Gasteiger charge is 2.02. The van der Waals surface area contributed by atoms with Crippen LogP contribution in [0.3, 0.4) is 0 Å². The number of primary amides is 1. The first kappa shape index (κ1) is 11.7. The first-order chi connectivity index (χ1) is 7.02. The number of nitrogens with two attached hydrogens (primary N) is 1. The summed E-state index contributed by atoms with van der Waals surface area (Å²) in [5.41, 5.74) is 10.2. The van der Waals surface area contributed by atoms with E-state index in [2.05, 4.69) is 26.5 Å². The summed E-state index contributed by atoms with van der Waals surface area (Å²) in [6, 6.07) is 3.18. The number of carbonyl (C=O) groups excluding carboxylic acids is 1. The molecule has 3 N–H and O–H groups in total. The van der Waals surface area contributed by atoms with E-state index in [4.69, 9.17) is 5.73 Å². The van der Waals surface area contributed by atoms with Crippen LogP contribution in [0.25, 0.3) is 0 Å². The van der Waals surface area contributed by atoms with Crippen molar-refractivity contribution in [2.24, 2.45) is 10.8 Å². The molecular weight excluding hydrogens is 258 g/mol. The van der Waals surface area contributed by atoms with Crippen LogP contribution >= 0.6 is 15.9 Å². The summed E-state index contributed by atoms with van der Waals surface area (Å²) in [6.45, 7) is 4.00. The zero-order valence-corrected chi connectivity index (χ0v) is 10.1. The zero-order valence-electron chi connectivity index (χ0n) is 8.54. The Morgan fingerprint density at radius 2 is 2.13 bits per heavy atom. The Morgan fingerprint density at radius 1 is 1.47 bits per heavy atom. The van der Waals surface area contributed by atoms with Gasteiger partial charge in [-0.3, -0.25) is 0 Å². The molecule has 1 rings (SSSR count). The van der Waals surface area contributed by atoms with E-state index in [1.165, 1.54) is 0 Å². The molecule has 0 aliphatic heterocycles. The van der Waals surface area contributed by atoms with E-state index in [1.807, 2.05) is 26.0 Å². The Labute approximate surface area is 96.7 Å². The third-order valence-corrected chi connectivity index (χ3v) is 3.00. The molecule has 0 radical (unpaired) electrons. The van der Waals surface area contributed by atoms with Crippen molar-refractivity contribution in [1.82, 2.24) is 5.43 Å². The number of rotatable bonds is 2. The summed E-state index contributed by atoms with van der Waals surface area (Å²) in [5.74, 6) is 0. The summed E-state index contributed by atoms with van der Waals surface area (Å²) in [7, 11) is 0. The number of halogens is 1. The third kappa shape index (κ3) is 3.06. The van der Waals surface area contributed by atoms with Gasteiger partial charge in [0.15, 0.2) is 0 Å². The minimum absolute atomic E-state index is 0.669. The molecule has 80 valence electrons. The van der Waals surface area contributed by atoms with Gasteiger partial charge in [0.25, 0.3) is 0 Å². The second-order valence-corrected chi connectivity index (χ2v) is 3.98. The van der Waals surface area contributed by atoms with Crippen molar-refractivity contribution in [3.63, 3.8) is 0 Å². The number of amides is 2. The van der Waals surface area contributed by atoms with Crippen LogP contribution in [0.2, 0.25) is 0 Å². The molecule has 0 bridgehead atoms. The fourth-order valence-corrected chi connectivity index (χ4v) is 1.54. The molecule has 0 saturated carbocycles. The van der Waals surface area contributed by atoms with Crippen molar-refractivity contribution in [2.75, 3.05) is 0 Å². The number of hydrogen-bond donors (Lipinski definition) is 2. The standard InChI is InChI=1S/C10H12BrN3O/c1-6-7(2)9(11)4-3-8(6)5-13-14-10(12)15/h3-5H,1-2H3,(H3,12,14,15). The highest BCUT2D eigenvalue weighted by Crippen LogP contribution is 2.21. The fraction of sp³-hybridized carbons (Fsp3) is 0.200. The normalized spacial score (nSPS) is 10.6. The van der Waals surface area contributed by atoms with Gasteiger partial charge in [0, 0.05) is 4.47 Å². The lowest BCUT2D eigenvalue weighted by molar-refractivity contribution is 0.249. The molecule has 15 heavy (non-hydrogen) atoms. The van der Waals surface area contributed by atoms with E-state index in [-0.39, 0.29) is 0 Å². The second-order valence-electron chi connectivity index (χ2n) is 3.12. The largest absolute Gasteiger partial charge is 0.350 e. The number of benzene rings is 1. The van der Waals surface area contributed by atoms with Gasteiger partial charge in [-0.2, -0.15) is 5.10 Å². The summed E-state index contributed by atoms with van der Waals surface area (Å²) in [5, 5.41) is 3.71. The zero-order chi connectivity index (χ0) is 11.4. The van der Waals surface area contributed by atoms with Crippen molar-refractivity contribution in [3.05, 3.63) is 33.3 Å². The van der Waals surface area contributed by atoms with Crippen LogP contribution in [0.1, 0.15) is 16.7 Å². The molecule has 5 heteroatoms. The van der Waals surface area contributed by atoms with Crippen molar-refractivity contribution in [1.29, 1.82) is 0 Å². The van der Waals surface area contributed by atoms with E-state index in [0.29, 0.717) is 0 Å². The lowest BCUT2D eigenvalue weighted by atomic mass is 10.0. The monoisotopic (exact) mass is 269 g/mol. The maximum atomic E-state index is 10.4. The van der Waals surface area contributed by atoms with Crippen LogP contribution in [-0.4, -0.2) is 12.2 Å². The second kappa shape index (κ2) is 4.93. The fourth-order valence-electron chi connectivity index (χ4n) is 1.11. The van der Waals surface area contributed by atoms with Crippen molar-refractivity contribution < 1.29 is 4.79 Å². The third-order valence-electron chi connectivity index (χ3n) is 2.14. The van der Waals surface area contributed by atoms with Crippen molar-refractivity contribution in [3.8, 4) is 0 Å². The summed E-state index contributed by atoms with van der Waals surface area (Å²) in [6.07, 6.45) is 1.57. The molecule has 0 heterocycles. The number of carbonyl (C=O) groups is 1. The highest BCUT2D eigenvalue weighted by molar-refractivity contribution is 9.10. The molecule has 0 unspecified atom stereocenters. The number of urea groups is 1. The maximum absolute atomic E-state index is 10.4. The minimum atomic E-state index is -0.669. The lowest BCUT2D eigenvalue weighted by Crippen LogP contribution is -2.24. The molecule has 4 nitrogen and oxygen atoms in total. The Kier molecular flexibility index (Phi) is 3.85. The van der Waals surface area contributed by atoms with E-state index >= 15 is 0 Å². The maximum Gasteiger partial charge on any atom is 0.332 e. The summed E-state index contributed by atoms with van der Waals surface area (Å²) in [4.78, 5) is 10.4. The average molecular weight is 270 g/mol. The molecule has 2 amide bonds. The molecule has 1 aromatic carbocycles. The highest BCUT2D eigenvalue weighted by atomic mass is 79.9. The Bertz CT molecular complexity index is 415. The summed E-state index contributed by atoms with van der Waals surface area (Å²) < 4.78 is 1.06. The molecule has 0 spiro atoms. The quantitative estimate of drug-likeness (QED) is 0.627. The predicted octanol–water partition coefficient (Wildman–Crippen LogP) is 2.07. The Hall–Kier alpha value is -1.36. The van der Waals surface area contributed by atoms with Crippen LogP contribution in [0.4, 0.5) is 4.79 Å². The SMILES string of the molecule is Cc1c(Br)ccc(C=NNC(N)=O)c1C. The van der Waals surface area contributed by atoms with Gasteiger partial charge < -0.3 is 5.73 Å². The van der Waals surface area contributed by atoms with Crippen molar-refractivity contribution >= 4 is 28.2 Å². The molecule has 0 saturated heterocycles. The topological polar surface area (TPSA) is 67.5 Å². The van der Waals surface area contributed by atoms with Crippen LogP contribution in [-0.2, 0) is 0 Å². The molecule has 0 fully saturated rings. The van der Waals surface area contributed by atoms with Gasteiger partial charge in [-0.05, 0) is 36.6 Å². The first-order valence-electron chi connectivity index (χ1n) is 4.36. The number of hydrogen-bond acceptors (Lipinski definition) is 2. The number of nitrogens with zero attached hydrogens (tertiary/aromatic N) is 1. The van der Waals surface area contributed by atoms with Gasteiger partial charge in [-0.1, -0.05) is 22.0 Å². The van der Waals surface area contributed by atoms with E-state index in [0.717, 1.165) is 21.2 Å². The van der Waals surface area contributed by atoms with Gasteiger partial charge in [0.05, 0.1) is 6.21 Å². The van der Waals surface area contributed by atoms with E-state index in [1.54, 1.807) is 6.21 Å². The molecule has 1 aromatic rings. The van der Waals surface area contributed by atoms with Crippen LogP contribution in [0.5, 0.6) is 0 Å². The van der Waals surface area contributed by atoms with Gasteiger partial charge >= 0.3 is 6.03 Å². The van der Waals surface area contributed by atoms with Crippen LogP contribution in [0, 0.1) is 13.8 Å². The van der Waals surface area contributed by atoms with Crippen molar-refractivity contribution in [2.45, 2.75) is 13.8 Å². The van der Waals surface area contributed by atoms with E-state index < -0.39 is 6.03 Å². The molecule has 0 atom stereocenters. The molecule has 0 aliphatic rings. The minimum Gasteiger partial charge on any atom is -0.350 e. The number of hydrazone groups is 1. The van der Waals surface area contributed by atoms with Gasteiger partial charge in [0.2, 0.25) is 0 Å². The smallest absolute Gasteiger partial charge is 0.332 e. The average Bonchev–Trinajstić information content (AvgIpc) is 2.18. The van der Waals surface area contributed by atoms with Gasteiger partial charge in [0.1, 0.15) is 0 Å². The molecule has 0 aromatic heterocycles. The lowest BCUT2D eigenvalue weighted by Gasteiger charge is -2.05.